The molecule has 20 heavy (non-hydrogen) atoms. The molecule has 3 N–H and O–H groups in total. The van der Waals surface area contributed by atoms with E-state index in [4.69, 9.17) is 5.11 Å². The van der Waals surface area contributed by atoms with E-state index in [2.05, 4.69) is 20.9 Å². The highest BCUT2D eigenvalue weighted by molar-refractivity contribution is 5.92. The average molecular weight is 279 g/mol. The van der Waals surface area contributed by atoms with Crippen LogP contribution in [0.15, 0.2) is 6.20 Å². The summed E-state index contributed by atoms with van der Waals surface area (Å²) >= 11 is 0. The first-order valence-electron chi connectivity index (χ1n) is 6.78. The Morgan fingerprint density at radius 3 is 2.80 bits per heavy atom. The van der Waals surface area contributed by atoms with Crippen molar-refractivity contribution < 1.29 is 14.7 Å². The van der Waals surface area contributed by atoms with Crippen LogP contribution in [-0.2, 0) is 4.79 Å². The standard InChI is InChI=1S/C12H17N5O3/c18-11(19)3-9(7-1-2-7)14-12(20)10-6-17(16-15-10)8-4-13-5-8/h6-9,13H,1-5H2,(H,14,20)(H,18,19). The van der Waals surface area contributed by atoms with Crippen LogP contribution in [0.3, 0.4) is 0 Å². The zero-order valence-electron chi connectivity index (χ0n) is 11.0. The summed E-state index contributed by atoms with van der Waals surface area (Å²) in [5, 5.41) is 22.5. The van der Waals surface area contributed by atoms with Crippen molar-refractivity contribution in [2.24, 2.45) is 5.92 Å². The van der Waals surface area contributed by atoms with E-state index in [0.29, 0.717) is 0 Å². The molecular formula is C12H17N5O3. The van der Waals surface area contributed by atoms with Crippen molar-refractivity contribution in [2.75, 3.05) is 13.1 Å². The van der Waals surface area contributed by atoms with Gasteiger partial charge in [0.05, 0.1) is 18.7 Å². The van der Waals surface area contributed by atoms with Gasteiger partial charge in [-0.05, 0) is 18.8 Å². The van der Waals surface area contributed by atoms with Crippen molar-refractivity contribution in [1.29, 1.82) is 0 Å². The van der Waals surface area contributed by atoms with Gasteiger partial charge in [0.25, 0.3) is 5.91 Å². The minimum Gasteiger partial charge on any atom is -0.481 e. The number of rotatable bonds is 6. The van der Waals surface area contributed by atoms with Crippen LogP contribution in [0.5, 0.6) is 0 Å². The third-order valence-corrected chi connectivity index (χ3v) is 3.78. The molecule has 1 aliphatic heterocycles. The Kier molecular flexibility index (Phi) is 3.39. The fourth-order valence-electron chi connectivity index (χ4n) is 2.28. The lowest BCUT2D eigenvalue weighted by Crippen LogP contribution is -2.43. The van der Waals surface area contributed by atoms with Gasteiger partial charge in [-0.2, -0.15) is 0 Å². The maximum absolute atomic E-state index is 12.1. The molecule has 2 aliphatic rings. The molecule has 0 bridgehead atoms. The van der Waals surface area contributed by atoms with Crippen molar-refractivity contribution in [1.82, 2.24) is 25.6 Å². The molecule has 0 spiro atoms. The summed E-state index contributed by atoms with van der Waals surface area (Å²) < 4.78 is 1.68. The van der Waals surface area contributed by atoms with E-state index in [1.165, 1.54) is 0 Å². The summed E-state index contributed by atoms with van der Waals surface area (Å²) in [7, 11) is 0. The fraction of sp³-hybridized carbons (Fsp3) is 0.667. The molecule has 1 saturated carbocycles. The van der Waals surface area contributed by atoms with Gasteiger partial charge in [0.2, 0.25) is 0 Å². The van der Waals surface area contributed by atoms with Crippen LogP contribution >= 0.6 is 0 Å². The Balaban J connectivity index is 1.62. The number of aliphatic carboxylic acids is 1. The second kappa shape index (κ2) is 5.20. The predicted octanol–water partition coefficient (Wildman–Crippen LogP) is -0.594. The molecule has 2 fully saturated rings. The quantitative estimate of drug-likeness (QED) is 0.642. The van der Waals surface area contributed by atoms with Gasteiger partial charge in [0.15, 0.2) is 5.69 Å². The zero-order valence-corrected chi connectivity index (χ0v) is 11.0. The highest BCUT2D eigenvalue weighted by atomic mass is 16.4. The highest BCUT2D eigenvalue weighted by Gasteiger charge is 2.34. The second-order valence-corrected chi connectivity index (χ2v) is 5.41. The molecule has 0 radical (unpaired) electrons. The van der Waals surface area contributed by atoms with E-state index in [0.717, 1.165) is 25.9 Å². The Morgan fingerprint density at radius 1 is 1.50 bits per heavy atom. The van der Waals surface area contributed by atoms with Crippen molar-refractivity contribution in [3.8, 4) is 0 Å². The van der Waals surface area contributed by atoms with Crippen LogP contribution in [0.25, 0.3) is 0 Å². The van der Waals surface area contributed by atoms with Gasteiger partial charge in [-0.3, -0.25) is 9.59 Å². The van der Waals surface area contributed by atoms with Crippen molar-refractivity contribution >= 4 is 11.9 Å². The minimum absolute atomic E-state index is 0.0446. The number of aromatic nitrogens is 3. The minimum atomic E-state index is -0.897. The summed E-state index contributed by atoms with van der Waals surface area (Å²) in [5.41, 5.74) is 0.243. The molecule has 108 valence electrons. The molecule has 1 amide bonds. The number of nitrogens with one attached hydrogen (secondary N) is 2. The number of carboxylic acids is 1. The number of hydrogen-bond donors (Lipinski definition) is 3. The first kappa shape index (κ1) is 13.0. The van der Waals surface area contributed by atoms with Gasteiger partial charge in [-0.15, -0.1) is 5.10 Å². The van der Waals surface area contributed by atoms with Crippen LogP contribution < -0.4 is 10.6 Å². The molecule has 1 aromatic heterocycles. The van der Waals surface area contributed by atoms with Crippen molar-refractivity contribution in [3.63, 3.8) is 0 Å². The third-order valence-electron chi connectivity index (χ3n) is 3.78. The second-order valence-electron chi connectivity index (χ2n) is 5.41. The van der Waals surface area contributed by atoms with Crippen LogP contribution in [0.2, 0.25) is 0 Å². The fourth-order valence-corrected chi connectivity index (χ4v) is 2.28. The van der Waals surface area contributed by atoms with E-state index in [1.54, 1.807) is 10.9 Å². The van der Waals surface area contributed by atoms with E-state index in [1.807, 2.05) is 0 Å². The maximum atomic E-state index is 12.1. The molecule has 8 nitrogen and oxygen atoms in total. The number of hydrogen-bond acceptors (Lipinski definition) is 5. The summed E-state index contributed by atoms with van der Waals surface area (Å²) in [6.45, 7) is 1.66. The van der Waals surface area contributed by atoms with Crippen LogP contribution in [0.1, 0.15) is 35.8 Å². The SMILES string of the molecule is O=C(O)CC(NC(=O)c1cn(C2CNC2)nn1)C1CC1. The lowest BCUT2D eigenvalue weighted by molar-refractivity contribution is -0.137. The van der Waals surface area contributed by atoms with Crippen molar-refractivity contribution in [3.05, 3.63) is 11.9 Å². The van der Waals surface area contributed by atoms with Gasteiger partial charge in [-0.25, -0.2) is 4.68 Å². The molecule has 1 unspecified atom stereocenters. The number of carbonyl (C=O) groups is 2. The Hall–Kier alpha value is -1.96. The number of amides is 1. The van der Waals surface area contributed by atoms with Gasteiger partial charge < -0.3 is 15.7 Å². The van der Waals surface area contributed by atoms with Gasteiger partial charge >= 0.3 is 5.97 Å². The normalized spacial score (nSPS) is 20.2. The Labute approximate surface area is 115 Å². The van der Waals surface area contributed by atoms with E-state index >= 15 is 0 Å². The van der Waals surface area contributed by atoms with Gasteiger partial charge in [0, 0.05) is 19.1 Å². The summed E-state index contributed by atoms with van der Waals surface area (Å²) in [5.74, 6) is -0.964. The summed E-state index contributed by atoms with van der Waals surface area (Å²) in [6.07, 6.45) is 3.51. The highest BCUT2D eigenvalue weighted by Crippen LogP contribution is 2.34. The molecule has 1 aromatic rings. The molecule has 1 saturated heterocycles. The first-order chi connectivity index (χ1) is 9.63. The van der Waals surface area contributed by atoms with Crippen molar-refractivity contribution in [2.45, 2.75) is 31.3 Å². The van der Waals surface area contributed by atoms with E-state index in [9.17, 15) is 9.59 Å². The number of nitrogens with zero attached hydrogens (tertiary/aromatic N) is 3. The Morgan fingerprint density at radius 2 is 2.25 bits per heavy atom. The average Bonchev–Trinajstić information content (AvgIpc) is 3.06. The lowest BCUT2D eigenvalue weighted by Gasteiger charge is -2.26. The molecule has 1 aliphatic carbocycles. The largest absolute Gasteiger partial charge is 0.481 e. The third kappa shape index (κ3) is 2.79. The summed E-state index contributed by atoms with van der Waals surface area (Å²) in [4.78, 5) is 22.9. The van der Waals surface area contributed by atoms with Crippen LogP contribution in [0.4, 0.5) is 0 Å². The monoisotopic (exact) mass is 279 g/mol. The predicted molar refractivity (Wildman–Crippen MR) is 68.2 cm³/mol. The molecule has 2 heterocycles. The van der Waals surface area contributed by atoms with Gasteiger partial charge in [-0.1, -0.05) is 5.21 Å². The zero-order chi connectivity index (χ0) is 14.1. The summed E-state index contributed by atoms with van der Waals surface area (Å²) in [6, 6.07) is -0.0576. The van der Waals surface area contributed by atoms with Crippen LogP contribution in [0, 0.1) is 5.92 Å². The number of carboxylic acid groups (broad SMARTS) is 1. The topological polar surface area (TPSA) is 109 Å². The van der Waals surface area contributed by atoms with E-state index < -0.39 is 5.97 Å². The van der Waals surface area contributed by atoms with Crippen LogP contribution in [-0.4, -0.2) is 51.1 Å². The molecule has 3 rings (SSSR count). The molecule has 8 heteroatoms. The smallest absolute Gasteiger partial charge is 0.305 e. The molecule has 0 aromatic carbocycles. The maximum Gasteiger partial charge on any atom is 0.305 e. The lowest BCUT2D eigenvalue weighted by atomic mass is 10.1. The molecule has 1 atom stereocenters. The molecular weight excluding hydrogens is 262 g/mol. The number of carbonyl (C=O) groups excluding carboxylic acids is 1. The first-order valence-corrected chi connectivity index (χ1v) is 6.78. The Bertz CT molecular complexity index is 521. The van der Waals surface area contributed by atoms with Gasteiger partial charge in [0.1, 0.15) is 0 Å². The van der Waals surface area contributed by atoms with E-state index in [-0.39, 0.29) is 36.0 Å².